The largest absolute Gasteiger partial charge is 0.309 e. The Morgan fingerprint density at radius 2 is 2.20 bits per heavy atom. The van der Waals surface area contributed by atoms with E-state index in [0.29, 0.717) is 10.7 Å². The maximum Gasteiger partial charge on any atom is 0.149 e. The van der Waals surface area contributed by atoms with Gasteiger partial charge in [0.1, 0.15) is 17.2 Å². The van der Waals surface area contributed by atoms with Crippen LogP contribution in [0.4, 0.5) is 4.39 Å². The van der Waals surface area contributed by atoms with Crippen LogP contribution in [0.1, 0.15) is 37.7 Å². The van der Waals surface area contributed by atoms with Crippen LogP contribution in [0, 0.1) is 12.7 Å². The van der Waals surface area contributed by atoms with Crippen molar-refractivity contribution in [3.63, 3.8) is 0 Å². The van der Waals surface area contributed by atoms with Gasteiger partial charge in [-0.25, -0.2) is 9.07 Å². The van der Waals surface area contributed by atoms with E-state index in [1.54, 1.807) is 6.07 Å². The van der Waals surface area contributed by atoms with Crippen molar-refractivity contribution in [3.8, 4) is 5.69 Å². The summed E-state index contributed by atoms with van der Waals surface area (Å²) in [5.74, 6) is -0.372. The van der Waals surface area contributed by atoms with E-state index in [2.05, 4.69) is 22.6 Å². The zero-order valence-electron chi connectivity index (χ0n) is 11.8. The Morgan fingerprint density at radius 3 is 2.90 bits per heavy atom. The monoisotopic (exact) mass is 296 g/mol. The molecule has 0 spiro atoms. The maximum atomic E-state index is 13.9. The Kier molecular flexibility index (Phi) is 4.73. The van der Waals surface area contributed by atoms with Gasteiger partial charge in [0.05, 0.1) is 11.7 Å². The topological polar surface area (TPSA) is 42.7 Å². The van der Waals surface area contributed by atoms with E-state index in [-0.39, 0.29) is 11.9 Å². The summed E-state index contributed by atoms with van der Waals surface area (Å²) in [5.41, 5.74) is 1.94. The molecule has 0 radical (unpaired) electrons. The Bertz CT molecular complexity index is 597. The molecule has 0 fully saturated rings. The molecule has 0 aliphatic carbocycles. The molecule has 1 unspecified atom stereocenters. The summed E-state index contributed by atoms with van der Waals surface area (Å²) in [6.45, 7) is 6.90. The van der Waals surface area contributed by atoms with Gasteiger partial charge in [-0.05, 0) is 45.0 Å². The van der Waals surface area contributed by atoms with Crippen molar-refractivity contribution < 1.29 is 4.39 Å². The van der Waals surface area contributed by atoms with Crippen molar-refractivity contribution >= 4 is 11.6 Å². The zero-order valence-corrected chi connectivity index (χ0v) is 12.6. The summed E-state index contributed by atoms with van der Waals surface area (Å²) < 4.78 is 15.4. The van der Waals surface area contributed by atoms with Crippen LogP contribution < -0.4 is 5.32 Å². The first-order chi connectivity index (χ1) is 9.54. The summed E-state index contributed by atoms with van der Waals surface area (Å²) in [6, 6.07) is 4.47. The Morgan fingerprint density at radius 1 is 1.45 bits per heavy atom. The minimum Gasteiger partial charge on any atom is -0.309 e. The number of hydrogen-bond donors (Lipinski definition) is 1. The molecule has 1 atom stereocenters. The number of hydrogen-bond acceptors (Lipinski definition) is 3. The van der Waals surface area contributed by atoms with Gasteiger partial charge in [-0.1, -0.05) is 23.7 Å². The fraction of sp³-hybridized carbons (Fsp3) is 0.429. The van der Waals surface area contributed by atoms with Crippen molar-refractivity contribution in [2.45, 2.75) is 33.2 Å². The van der Waals surface area contributed by atoms with Crippen molar-refractivity contribution in [1.82, 2.24) is 20.3 Å². The molecule has 0 amide bonds. The van der Waals surface area contributed by atoms with Crippen molar-refractivity contribution in [3.05, 3.63) is 40.4 Å². The SMILES string of the molecule is CCCNC(C)c1nnn(-c2cc(Cl)ccc2F)c1C. The number of benzene rings is 1. The molecule has 1 heterocycles. The van der Waals surface area contributed by atoms with Crippen molar-refractivity contribution in [2.75, 3.05) is 6.54 Å². The average Bonchev–Trinajstić information content (AvgIpc) is 2.80. The third-order valence-corrected chi connectivity index (χ3v) is 3.41. The highest BCUT2D eigenvalue weighted by Gasteiger charge is 2.17. The van der Waals surface area contributed by atoms with Gasteiger partial charge in [0.15, 0.2) is 0 Å². The van der Waals surface area contributed by atoms with Crippen LogP contribution in [0.15, 0.2) is 18.2 Å². The highest BCUT2D eigenvalue weighted by molar-refractivity contribution is 6.30. The van der Waals surface area contributed by atoms with Crippen molar-refractivity contribution in [2.24, 2.45) is 0 Å². The zero-order chi connectivity index (χ0) is 14.7. The average molecular weight is 297 g/mol. The van der Waals surface area contributed by atoms with Crippen molar-refractivity contribution in [1.29, 1.82) is 0 Å². The number of nitrogens with zero attached hydrogens (tertiary/aromatic N) is 3. The Labute approximate surface area is 122 Å². The Balaban J connectivity index is 2.35. The third kappa shape index (κ3) is 2.99. The number of rotatable bonds is 5. The van der Waals surface area contributed by atoms with Gasteiger partial charge < -0.3 is 5.32 Å². The molecular weight excluding hydrogens is 279 g/mol. The summed E-state index contributed by atoms with van der Waals surface area (Å²) in [6.07, 6.45) is 1.04. The van der Waals surface area contributed by atoms with Gasteiger partial charge >= 0.3 is 0 Å². The molecule has 1 aromatic heterocycles. The molecule has 0 saturated carbocycles. The normalized spacial score (nSPS) is 12.7. The lowest BCUT2D eigenvalue weighted by Crippen LogP contribution is -2.20. The van der Waals surface area contributed by atoms with E-state index in [0.717, 1.165) is 24.4 Å². The van der Waals surface area contributed by atoms with E-state index in [4.69, 9.17) is 11.6 Å². The molecule has 4 nitrogen and oxygen atoms in total. The first kappa shape index (κ1) is 14.9. The predicted octanol–water partition coefficient (Wildman–Crippen LogP) is 3.43. The lowest BCUT2D eigenvalue weighted by Gasteiger charge is -2.11. The number of aromatic nitrogens is 3. The summed E-state index contributed by atoms with van der Waals surface area (Å²) >= 11 is 5.92. The second kappa shape index (κ2) is 6.33. The smallest absolute Gasteiger partial charge is 0.149 e. The molecule has 2 aromatic rings. The van der Waals surface area contributed by atoms with Crippen LogP contribution in [-0.2, 0) is 0 Å². The van der Waals surface area contributed by atoms with E-state index in [9.17, 15) is 4.39 Å². The summed E-state index contributed by atoms with van der Waals surface area (Å²) in [4.78, 5) is 0. The molecule has 6 heteroatoms. The minimum absolute atomic E-state index is 0.0749. The fourth-order valence-electron chi connectivity index (χ4n) is 2.08. The molecule has 0 aliphatic heterocycles. The minimum atomic E-state index is -0.372. The van der Waals surface area contributed by atoms with E-state index < -0.39 is 0 Å². The highest BCUT2D eigenvalue weighted by atomic mass is 35.5. The molecule has 0 saturated heterocycles. The fourth-order valence-corrected chi connectivity index (χ4v) is 2.24. The van der Waals surface area contributed by atoms with Gasteiger partial charge in [-0.15, -0.1) is 5.10 Å². The first-order valence-corrected chi connectivity index (χ1v) is 7.03. The molecule has 2 rings (SSSR count). The number of nitrogens with one attached hydrogen (secondary N) is 1. The maximum absolute atomic E-state index is 13.9. The van der Waals surface area contributed by atoms with Crippen LogP contribution >= 0.6 is 11.6 Å². The van der Waals surface area contributed by atoms with Gasteiger partial charge in [0.2, 0.25) is 0 Å². The van der Waals surface area contributed by atoms with Crippen LogP contribution in [-0.4, -0.2) is 21.5 Å². The van der Waals surface area contributed by atoms with E-state index in [1.165, 1.54) is 16.8 Å². The van der Waals surface area contributed by atoms with Crippen LogP contribution in [0.3, 0.4) is 0 Å². The second-order valence-corrected chi connectivity index (χ2v) is 5.18. The third-order valence-electron chi connectivity index (χ3n) is 3.18. The van der Waals surface area contributed by atoms with Gasteiger partial charge in [-0.2, -0.15) is 0 Å². The molecule has 1 aromatic carbocycles. The van der Waals surface area contributed by atoms with Gasteiger partial charge in [-0.3, -0.25) is 0 Å². The molecule has 20 heavy (non-hydrogen) atoms. The van der Waals surface area contributed by atoms with Crippen LogP contribution in [0.25, 0.3) is 5.69 Å². The van der Waals surface area contributed by atoms with Crippen LogP contribution in [0.2, 0.25) is 5.02 Å². The van der Waals surface area contributed by atoms with E-state index >= 15 is 0 Å². The molecular formula is C14H18ClFN4. The lowest BCUT2D eigenvalue weighted by atomic mass is 10.2. The van der Waals surface area contributed by atoms with Gasteiger partial charge in [0, 0.05) is 5.02 Å². The molecule has 1 N–H and O–H groups in total. The van der Waals surface area contributed by atoms with Gasteiger partial charge in [0.25, 0.3) is 0 Å². The Hall–Kier alpha value is -1.46. The predicted molar refractivity (Wildman–Crippen MR) is 77.8 cm³/mol. The summed E-state index contributed by atoms with van der Waals surface area (Å²) in [5, 5.41) is 12.0. The van der Waals surface area contributed by atoms with Crippen LogP contribution in [0.5, 0.6) is 0 Å². The molecule has 108 valence electrons. The first-order valence-electron chi connectivity index (χ1n) is 6.65. The molecule has 0 bridgehead atoms. The molecule has 0 aliphatic rings. The lowest BCUT2D eigenvalue weighted by molar-refractivity contribution is 0.555. The highest BCUT2D eigenvalue weighted by Crippen LogP contribution is 2.22. The standard InChI is InChI=1S/C14H18ClFN4/c1-4-7-17-9(2)14-10(3)20(19-18-14)13-8-11(15)5-6-12(13)16/h5-6,8-9,17H,4,7H2,1-3H3. The number of halogens is 2. The van der Waals surface area contributed by atoms with E-state index in [1.807, 2.05) is 13.8 Å². The summed E-state index contributed by atoms with van der Waals surface area (Å²) in [7, 11) is 0. The second-order valence-electron chi connectivity index (χ2n) is 4.74. The quantitative estimate of drug-likeness (QED) is 0.919.